The van der Waals surface area contributed by atoms with E-state index in [1.54, 1.807) is 39.5 Å². The van der Waals surface area contributed by atoms with Gasteiger partial charge < -0.3 is 24.3 Å². The van der Waals surface area contributed by atoms with E-state index in [0.29, 0.717) is 29.9 Å². The van der Waals surface area contributed by atoms with Crippen LogP contribution in [0.4, 0.5) is 0 Å². The van der Waals surface area contributed by atoms with Gasteiger partial charge in [-0.25, -0.2) is 0 Å². The Morgan fingerprint density at radius 1 is 0.879 bits per heavy atom. The van der Waals surface area contributed by atoms with Gasteiger partial charge in [0, 0.05) is 0 Å². The Bertz CT molecular complexity index is 970. The zero-order valence-corrected chi connectivity index (χ0v) is 20.2. The smallest absolute Gasteiger partial charge is 0.161 e. The van der Waals surface area contributed by atoms with Crippen molar-refractivity contribution in [1.29, 1.82) is 5.26 Å². The molecule has 1 atom stereocenters. The van der Waals surface area contributed by atoms with E-state index in [2.05, 4.69) is 11.4 Å². The zero-order chi connectivity index (χ0) is 24.3. The van der Waals surface area contributed by atoms with Crippen LogP contribution in [0.15, 0.2) is 36.4 Å². The number of benzene rings is 2. The molecule has 0 bridgehead atoms. The number of Topliss-reactive ketones (excluding diaryl/α,β-unsaturated/α-hetero) is 1. The molecule has 0 saturated heterocycles. The van der Waals surface area contributed by atoms with E-state index in [1.165, 1.54) is 19.6 Å². The summed E-state index contributed by atoms with van der Waals surface area (Å²) in [5, 5.41) is 13.4. The molecule has 1 N–H and O–H groups in total. The van der Waals surface area contributed by atoms with Crippen LogP contribution in [0, 0.1) is 11.3 Å². The van der Waals surface area contributed by atoms with Gasteiger partial charge in [-0.15, -0.1) is 0 Å². The standard InChI is InChI=1S/C26H34N2O5/c1-19(29)26(18-27,21-10-12-23(31-3)25(17-21)33-5)13-7-15-28-14-6-8-20-9-11-22(30-2)24(16-20)32-4/h9-12,16-17,28H,6-8,13-15H2,1-5H3/t26-/m1/s1. The highest BCUT2D eigenvalue weighted by atomic mass is 16.5. The summed E-state index contributed by atoms with van der Waals surface area (Å²) in [6, 6.07) is 13.4. The average Bonchev–Trinajstić information content (AvgIpc) is 2.85. The molecule has 0 saturated carbocycles. The second kappa shape index (κ2) is 12.7. The van der Waals surface area contributed by atoms with E-state index in [-0.39, 0.29) is 5.78 Å². The minimum atomic E-state index is -1.21. The summed E-state index contributed by atoms with van der Waals surface area (Å²) in [5.41, 5.74) is 0.604. The lowest BCUT2D eigenvalue weighted by Crippen LogP contribution is -2.33. The molecule has 0 heterocycles. The minimum absolute atomic E-state index is 0.175. The molecule has 2 rings (SSSR count). The maximum absolute atomic E-state index is 12.5. The van der Waals surface area contributed by atoms with E-state index in [1.807, 2.05) is 18.2 Å². The predicted octanol–water partition coefficient (Wildman–Crippen LogP) is 4.07. The van der Waals surface area contributed by atoms with E-state index in [4.69, 9.17) is 18.9 Å². The summed E-state index contributed by atoms with van der Waals surface area (Å²) in [4.78, 5) is 12.5. The molecule has 0 aromatic heterocycles. The number of nitriles is 1. The zero-order valence-electron chi connectivity index (χ0n) is 20.2. The second-order valence-electron chi connectivity index (χ2n) is 7.79. The van der Waals surface area contributed by atoms with Crippen molar-refractivity contribution in [3.05, 3.63) is 47.5 Å². The van der Waals surface area contributed by atoms with Gasteiger partial charge in [0.15, 0.2) is 28.8 Å². The minimum Gasteiger partial charge on any atom is -0.493 e. The molecule has 7 nitrogen and oxygen atoms in total. The summed E-state index contributed by atoms with van der Waals surface area (Å²) in [7, 11) is 6.35. The number of aryl methyl sites for hydroxylation is 1. The van der Waals surface area contributed by atoms with Crippen LogP contribution in [0.1, 0.15) is 37.3 Å². The number of ketones is 1. The third-order valence-electron chi connectivity index (χ3n) is 5.84. The molecule has 33 heavy (non-hydrogen) atoms. The van der Waals surface area contributed by atoms with E-state index >= 15 is 0 Å². The molecule has 0 aliphatic carbocycles. The fourth-order valence-corrected chi connectivity index (χ4v) is 3.88. The number of hydrogen-bond donors (Lipinski definition) is 1. The molecule has 0 fully saturated rings. The molecular formula is C26H34N2O5. The number of methoxy groups -OCH3 is 4. The number of nitrogens with zero attached hydrogens (tertiary/aromatic N) is 1. The predicted molar refractivity (Wildman–Crippen MR) is 127 cm³/mol. The van der Waals surface area contributed by atoms with Crippen LogP contribution in [0.5, 0.6) is 23.0 Å². The Kier molecular flexibility index (Phi) is 10.0. The van der Waals surface area contributed by atoms with Crippen molar-refractivity contribution >= 4 is 5.78 Å². The van der Waals surface area contributed by atoms with Gasteiger partial charge in [-0.2, -0.15) is 5.26 Å². The summed E-state index contributed by atoms with van der Waals surface area (Å²) in [6.45, 7) is 3.02. The molecule has 0 unspecified atom stereocenters. The normalized spacial score (nSPS) is 12.4. The lowest BCUT2D eigenvalue weighted by atomic mass is 9.75. The molecule has 0 spiro atoms. The lowest BCUT2D eigenvalue weighted by molar-refractivity contribution is -0.120. The van der Waals surface area contributed by atoms with Crippen molar-refractivity contribution in [2.24, 2.45) is 0 Å². The molecule has 178 valence electrons. The quantitative estimate of drug-likeness (QED) is 0.430. The summed E-state index contributed by atoms with van der Waals surface area (Å²) >= 11 is 0. The Morgan fingerprint density at radius 2 is 1.45 bits per heavy atom. The first-order valence-corrected chi connectivity index (χ1v) is 11.0. The molecule has 0 aliphatic rings. The molecule has 0 amide bonds. The first kappa shape index (κ1) is 26.0. The largest absolute Gasteiger partial charge is 0.493 e. The van der Waals surface area contributed by atoms with Crippen LogP contribution >= 0.6 is 0 Å². The van der Waals surface area contributed by atoms with Gasteiger partial charge in [-0.05, 0) is 81.1 Å². The third kappa shape index (κ3) is 6.39. The van der Waals surface area contributed by atoms with Crippen molar-refractivity contribution in [1.82, 2.24) is 5.32 Å². The average molecular weight is 455 g/mol. The van der Waals surface area contributed by atoms with Gasteiger partial charge in [0.05, 0.1) is 34.5 Å². The fourth-order valence-electron chi connectivity index (χ4n) is 3.88. The van der Waals surface area contributed by atoms with Crippen molar-refractivity contribution in [2.75, 3.05) is 41.5 Å². The van der Waals surface area contributed by atoms with E-state index in [0.717, 1.165) is 37.4 Å². The lowest BCUT2D eigenvalue weighted by Gasteiger charge is -2.25. The van der Waals surface area contributed by atoms with Crippen LogP contribution in [0.3, 0.4) is 0 Å². The number of hydrogen-bond acceptors (Lipinski definition) is 7. The molecule has 2 aromatic carbocycles. The second-order valence-corrected chi connectivity index (χ2v) is 7.79. The van der Waals surface area contributed by atoms with Gasteiger partial charge in [-0.3, -0.25) is 4.79 Å². The number of nitrogens with one attached hydrogen (secondary N) is 1. The number of rotatable bonds is 14. The number of carbonyl (C=O) groups is 1. The molecule has 0 aliphatic heterocycles. The summed E-state index contributed by atoms with van der Waals surface area (Å²) < 4.78 is 21.3. The maximum atomic E-state index is 12.5. The van der Waals surface area contributed by atoms with Crippen molar-refractivity contribution in [2.45, 2.75) is 38.0 Å². The fraction of sp³-hybridized carbons (Fsp3) is 0.462. The van der Waals surface area contributed by atoms with Gasteiger partial charge in [0.2, 0.25) is 0 Å². The van der Waals surface area contributed by atoms with Gasteiger partial charge in [0.25, 0.3) is 0 Å². The highest BCUT2D eigenvalue weighted by molar-refractivity contribution is 5.91. The highest BCUT2D eigenvalue weighted by Gasteiger charge is 2.37. The Balaban J connectivity index is 1.89. The number of ether oxygens (including phenoxy) is 4. The van der Waals surface area contributed by atoms with Crippen LogP contribution in [0.2, 0.25) is 0 Å². The van der Waals surface area contributed by atoms with Crippen LogP contribution < -0.4 is 24.3 Å². The first-order valence-electron chi connectivity index (χ1n) is 11.0. The molecular weight excluding hydrogens is 420 g/mol. The first-order chi connectivity index (χ1) is 15.9. The summed E-state index contributed by atoms with van der Waals surface area (Å²) in [5.74, 6) is 2.35. The van der Waals surface area contributed by atoms with Crippen molar-refractivity contribution in [3.63, 3.8) is 0 Å². The van der Waals surface area contributed by atoms with E-state index in [9.17, 15) is 10.1 Å². The number of carbonyl (C=O) groups excluding carboxylic acids is 1. The van der Waals surface area contributed by atoms with Crippen LogP contribution in [-0.4, -0.2) is 47.3 Å². The van der Waals surface area contributed by atoms with Gasteiger partial charge in [-0.1, -0.05) is 12.1 Å². The van der Waals surface area contributed by atoms with Crippen LogP contribution in [-0.2, 0) is 16.6 Å². The topological polar surface area (TPSA) is 89.8 Å². The molecule has 7 heteroatoms. The molecule has 2 aromatic rings. The third-order valence-corrected chi connectivity index (χ3v) is 5.84. The van der Waals surface area contributed by atoms with Crippen molar-refractivity contribution < 1.29 is 23.7 Å². The monoisotopic (exact) mass is 454 g/mol. The van der Waals surface area contributed by atoms with Gasteiger partial charge >= 0.3 is 0 Å². The Labute approximate surface area is 196 Å². The SMILES string of the molecule is COc1ccc(CCCNCCC[C@@](C#N)(C(C)=O)c2ccc(OC)c(OC)c2)cc1OC. The maximum Gasteiger partial charge on any atom is 0.161 e. The Hall–Kier alpha value is -3.24. The van der Waals surface area contributed by atoms with E-state index < -0.39 is 5.41 Å². The summed E-state index contributed by atoms with van der Waals surface area (Å²) in [6.07, 6.45) is 2.99. The Morgan fingerprint density at radius 3 is 2.03 bits per heavy atom. The van der Waals surface area contributed by atoms with Gasteiger partial charge in [0.1, 0.15) is 5.41 Å². The van der Waals surface area contributed by atoms with Crippen molar-refractivity contribution in [3.8, 4) is 29.1 Å². The molecule has 0 radical (unpaired) electrons. The highest BCUT2D eigenvalue weighted by Crippen LogP contribution is 2.36. The van der Waals surface area contributed by atoms with Crippen LogP contribution in [0.25, 0.3) is 0 Å².